The van der Waals surface area contributed by atoms with Crippen molar-refractivity contribution in [3.8, 4) is 11.5 Å². The highest BCUT2D eigenvalue weighted by Gasteiger charge is 2.13. The van der Waals surface area contributed by atoms with Gasteiger partial charge in [-0.25, -0.2) is 4.98 Å². The molecule has 21 heavy (non-hydrogen) atoms. The Balaban J connectivity index is 2.20. The average Bonchev–Trinajstić information content (AvgIpc) is 2.90. The van der Waals surface area contributed by atoms with Crippen molar-refractivity contribution in [3.63, 3.8) is 0 Å². The Morgan fingerprint density at radius 2 is 2.19 bits per heavy atom. The third-order valence-electron chi connectivity index (χ3n) is 3.36. The summed E-state index contributed by atoms with van der Waals surface area (Å²) in [6, 6.07) is 6.08. The zero-order valence-corrected chi connectivity index (χ0v) is 13.0. The van der Waals surface area contributed by atoms with Gasteiger partial charge in [0, 0.05) is 24.7 Å². The Morgan fingerprint density at radius 3 is 2.81 bits per heavy atom. The van der Waals surface area contributed by atoms with Gasteiger partial charge in [-0.15, -0.1) is 0 Å². The van der Waals surface area contributed by atoms with Crippen molar-refractivity contribution in [2.24, 2.45) is 7.05 Å². The molecule has 1 atom stereocenters. The van der Waals surface area contributed by atoms with Gasteiger partial charge in [0.1, 0.15) is 24.4 Å². The Hall–Kier alpha value is -2.08. The van der Waals surface area contributed by atoms with Crippen LogP contribution < -0.4 is 14.8 Å². The van der Waals surface area contributed by atoms with E-state index in [1.54, 1.807) is 11.8 Å². The summed E-state index contributed by atoms with van der Waals surface area (Å²) in [5.74, 6) is 2.35. The number of nitrogens with one attached hydrogen (secondary N) is 1. The van der Waals surface area contributed by atoms with Crippen LogP contribution in [0.25, 0.3) is 0 Å². The van der Waals surface area contributed by atoms with Crippen molar-refractivity contribution in [2.75, 3.05) is 13.7 Å². The summed E-state index contributed by atoms with van der Waals surface area (Å²) in [5.41, 5.74) is 1.10. The smallest absolute Gasteiger partial charge is 0.164 e. The Kier molecular flexibility index (Phi) is 5.16. The second-order valence-corrected chi connectivity index (χ2v) is 4.77. The molecule has 0 aliphatic rings. The Morgan fingerprint density at radius 1 is 1.38 bits per heavy atom. The third kappa shape index (κ3) is 3.72. The van der Waals surface area contributed by atoms with Crippen LogP contribution >= 0.6 is 0 Å². The van der Waals surface area contributed by atoms with E-state index in [0.29, 0.717) is 6.61 Å². The summed E-state index contributed by atoms with van der Waals surface area (Å²) in [7, 11) is 3.49. The molecular weight excluding hydrogens is 268 g/mol. The zero-order chi connectivity index (χ0) is 15.2. The van der Waals surface area contributed by atoms with Crippen molar-refractivity contribution in [2.45, 2.75) is 26.5 Å². The summed E-state index contributed by atoms with van der Waals surface area (Å²) in [6.45, 7) is 5.46. The number of rotatable bonds is 7. The number of aromatic nitrogens is 3. The van der Waals surface area contributed by atoms with E-state index in [1.807, 2.05) is 25.2 Å². The number of methoxy groups -OCH3 is 1. The molecule has 6 heteroatoms. The highest BCUT2D eigenvalue weighted by atomic mass is 16.5. The topological polar surface area (TPSA) is 61.2 Å². The molecule has 1 heterocycles. The van der Waals surface area contributed by atoms with E-state index >= 15 is 0 Å². The molecule has 114 valence electrons. The lowest BCUT2D eigenvalue weighted by Gasteiger charge is -2.18. The van der Waals surface area contributed by atoms with E-state index in [9.17, 15) is 0 Å². The maximum Gasteiger partial charge on any atom is 0.164 e. The van der Waals surface area contributed by atoms with E-state index in [0.717, 1.165) is 29.4 Å². The molecule has 1 N–H and O–H groups in total. The van der Waals surface area contributed by atoms with Gasteiger partial charge in [0.2, 0.25) is 0 Å². The van der Waals surface area contributed by atoms with Crippen molar-refractivity contribution < 1.29 is 9.47 Å². The molecule has 0 bridgehead atoms. The van der Waals surface area contributed by atoms with Crippen LogP contribution in [0.15, 0.2) is 24.5 Å². The summed E-state index contributed by atoms with van der Waals surface area (Å²) in [4.78, 5) is 4.16. The zero-order valence-electron chi connectivity index (χ0n) is 13.0. The second kappa shape index (κ2) is 7.08. The fourth-order valence-electron chi connectivity index (χ4n) is 2.13. The first kappa shape index (κ1) is 15.3. The van der Waals surface area contributed by atoms with E-state index < -0.39 is 0 Å². The second-order valence-electron chi connectivity index (χ2n) is 4.77. The van der Waals surface area contributed by atoms with Gasteiger partial charge in [0.25, 0.3) is 0 Å². The molecule has 6 nitrogen and oxygen atoms in total. The number of aryl methyl sites for hydroxylation is 1. The van der Waals surface area contributed by atoms with Gasteiger partial charge in [-0.1, -0.05) is 13.0 Å². The van der Waals surface area contributed by atoms with Crippen molar-refractivity contribution in [1.82, 2.24) is 20.1 Å². The fraction of sp³-hybridized carbons (Fsp3) is 0.467. The van der Waals surface area contributed by atoms with Crippen molar-refractivity contribution in [1.29, 1.82) is 0 Å². The number of hydrogen-bond acceptors (Lipinski definition) is 5. The third-order valence-corrected chi connectivity index (χ3v) is 3.36. The van der Waals surface area contributed by atoms with Crippen molar-refractivity contribution in [3.05, 3.63) is 35.9 Å². The molecule has 0 saturated carbocycles. The highest BCUT2D eigenvalue weighted by Crippen LogP contribution is 2.30. The molecule has 0 radical (unpaired) electrons. The highest BCUT2D eigenvalue weighted by molar-refractivity contribution is 5.42. The number of benzene rings is 1. The molecule has 0 aliphatic heterocycles. The average molecular weight is 290 g/mol. The van der Waals surface area contributed by atoms with E-state index in [4.69, 9.17) is 9.47 Å². The quantitative estimate of drug-likeness (QED) is 0.846. The van der Waals surface area contributed by atoms with Crippen LogP contribution in [0.5, 0.6) is 11.5 Å². The Labute approximate surface area is 125 Å². The predicted octanol–water partition coefficient (Wildman–Crippen LogP) is 2.07. The van der Waals surface area contributed by atoms with E-state index in [1.165, 1.54) is 6.33 Å². The lowest BCUT2D eigenvalue weighted by molar-refractivity contribution is 0.282. The summed E-state index contributed by atoms with van der Waals surface area (Å²) < 4.78 is 12.9. The number of hydrogen-bond donors (Lipinski definition) is 1. The summed E-state index contributed by atoms with van der Waals surface area (Å²) in [6.07, 6.45) is 1.52. The first-order valence-corrected chi connectivity index (χ1v) is 7.02. The van der Waals surface area contributed by atoms with Gasteiger partial charge in [-0.2, -0.15) is 5.10 Å². The molecule has 0 spiro atoms. The maximum absolute atomic E-state index is 5.93. The van der Waals surface area contributed by atoms with E-state index in [2.05, 4.69) is 29.2 Å². The van der Waals surface area contributed by atoms with Gasteiger partial charge in [-0.3, -0.25) is 4.68 Å². The number of nitrogens with zero attached hydrogens (tertiary/aromatic N) is 3. The summed E-state index contributed by atoms with van der Waals surface area (Å²) >= 11 is 0. The normalized spacial score (nSPS) is 12.2. The van der Waals surface area contributed by atoms with Gasteiger partial charge < -0.3 is 14.8 Å². The molecule has 0 fully saturated rings. The van der Waals surface area contributed by atoms with Crippen LogP contribution in [-0.2, 0) is 13.7 Å². The Bertz CT molecular complexity index is 583. The molecule has 0 saturated heterocycles. The first-order valence-electron chi connectivity index (χ1n) is 7.02. The molecule has 0 amide bonds. The lowest BCUT2D eigenvalue weighted by Crippen LogP contribution is -2.18. The van der Waals surface area contributed by atoms with Crippen LogP contribution in [0.2, 0.25) is 0 Å². The van der Waals surface area contributed by atoms with Crippen LogP contribution in [0, 0.1) is 0 Å². The van der Waals surface area contributed by atoms with Crippen molar-refractivity contribution >= 4 is 0 Å². The minimum atomic E-state index is 0.204. The standard InChI is InChI=1S/C15H22N4O2/c1-5-16-11(2)13-7-6-12(20-4)8-14(13)21-9-15-17-10-18-19(15)3/h6-8,10-11,16H,5,9H2,1-4H3. The monoisotopic (exact) mass is 290 g/mol. The molecule has 1 aromatic heterocycles. The molecular formula is C15H22N4O2. The number of ether oxygens (including phenoxy) is 2. The van der Waals surface area contributed by atoms with Crippen LogP contribution in [0.1, 0.15) is 31.3 Å². The van der Waals surface area contributed by atoms with Gasteiger partial charge in [0.15, 0.2) is 5.82 Å². The van der Waals surface area contributed by atoms with Crippen LogP contribution in [0.4, 0.5) is 0 Å². The SMILES string of the molecule is CCNC(C)c1ccc(OC)cc1OCc1ncnn1C. The predicted molar refractivity (Wildman–Crippen MR) is 80.4 cm³/mol. The fourth-order valence-corrected chi connectivity index (χ4v) is 2.13. The van der Waals surface area contributed by atoms with Gasteiger partial charge >= 0.3 is 0 Å². The maximum atomic E-state index is 5.93. The van der Waals surface area contributed by atoms with Crippen LogP contribution in [-0.4, -0.2) is 28.4 Å². The van der Waals surface area contributed by atoms with E-state index in [-0.39, 0.29) is 6.04 Å². The first-order chi connectivity index (χ1) is 10.2. The lowest BCUT2D eigenvalue weighted by atomic mass is 10.1. The largest absolute Gasteiger partial charge is 0.497 e. The van der Waals surface area contributed by atoms with Gasteiger partial charge in [-0.05, 0) is 19.5 Å². The minimum Gasteiger partial charge on any atom is -0.497 e. The van der Waals surface area contributed by atoms with Crippen LogP contribution in [0.3, 0.4) is 0 Å². The molecule has 1 unspecified atom stereocenters. The summed E-state index contributed by atoms with van der Waals surface area (Å²) in [5, 5.41) is 7.43. The molecule has 1 aromatic carbocycles. The molecule has 2 aromatic rings. The molecule has 2 rings (SSSR count). The van der Waals surface area contributed by atoms with Gasteiger partial charge in [0.05, 0.1) is 7.11 Å². The molecule has 0 aliphatic carbocycles. The minimum absolute atomic E-state index is 0.204.